The summed E-state index contributed by atoms with van der Waals surface area (Å²) in [7, 11) is 0. The van der Waals surface area contributed by atoms with E-state index < -0.39 is 17.6 Å². The number of rotatable bonds is 4. The van der Waals surface area contributed by atoms with E-state index in [1.54, 1.807) is 30.3 Å². The van der Waals surface area contributed by atoms with E-state index in [9.17, 15) is 14.7 Å². The zero-order chi connectivity index (χ0) is 16.1. The van der Waals surface area contributed by atoms with Crippen LogP contribution >= 0.6 is 11.6 Å². The number of phenols is 1. The van der Waals surface area contributed by atoms with Crippen molar-refractivity contribution in [1.82, 2.24) is 0 Å². The lowest BCUT2D eigenvalue weighted by Crippen LogP contribution is -2.08. The molecule has 2 rings (SSSR count). The van der Waals surface area contributed by atoms with Crippen molar-refractivity contribution in [2.75, 3.05) is 5.32 Å². The van der Waals surface area contributed by atoms with E-state index in [1.807, 2.05) is 0 Å². The molecule has 2 aromatic carbocycles. The SMILES string of the molecule is O=C(/C=C/c1ccc(Cl)cc1)Nc1ccc(C(=O)O)c(O)c1. The summed E-state index contributed by atoms with van der Waals surface area (Å²) in [6.07, 6.45) is 2.93. The summed E-state index contributed by atoms with van der Waals surface area (Å²) in [5.74, 6) is -2.05. The van der Waals surface area contributed by atoms with Gasteiger partial charge in [-0.2, -0.15) is 0 Å². The molecule has 0 atom stereocenters. The number of carboxylic acid groups (broad SMARTS) is 1. The van der Waals surface area contributed by atoms with Crippen LogP contribution in [0.3, 0.4) is 0 Å². The Balaban J connectivity index is 2.04. The van der Waals surface area contributed by atoms with Crippen LogP contribution in [0.2, 0.25) is 5.02 Å². The van der Waals surface area contributed by atoms with Crippen LogP contribution in [0.5, 0.6) is 5.75 Å². The van der Waals surface area contributed by atoms with Gasteiger partial charge in [0.15, 0.2) is 0 Å². The Morgan fingerprint density at radius 2 is 1.77 bits per heavy atom. The summed E-state index contributed by atoms with van der Waals surface area (Å²) in [6, 6.07) is 10.7. The van der Waals surface area contributed by atoms with Crippen molar-refractivity contribution in [2.24, 2.45) is 0 Å². The van der Waals surface area contributed by atoms with Crippen LogP contribution < -0.4 is 5.32 Å². The number of hydrogen-bond donors (Lipinski definition) is 3. The van der Waals surface area contributed by atoms with E-state index in [-0.39, 0.29) is 5.56 Å². The average molecular weight is 318 g/mol. The summed E-state index contributed by atoms with van der Waals surface area (Å²) >= 11 is 5.76. The number of benzene rings is 2. The van der Waals surface area contributed by atoms with Crippen molar-refractivity contribution < 1.29 is 19.8 Å². The monoisotopic (exact) mass is 317 g/mol. The van der Waals surface area contributed by atoms with Gasteiger partial charge in [-0.15, -0.1) is 0 Å². The number of halogens is 1. The Kier molecular flexibility index (Phi) is 4.80. The zero-order valence-corrected chi connectivity index (χ0v) is 12.0. The molecule has 3 N–H and O–H groups in total. The summed E-state index contributed by atoms with van der Waals surface area (Å²) in [6.45, 7) is 0. The third-order valence-corrected chi connectivity index (χ3v) is 3.04. The molecule has 0 radical (unpaired) electrons. The number of hydrogen-bond acceptors (Lipinski definition) is 3. The first-order chi connectivity index (χ1) is 10.5. The highest BCUT2D eigenvalue weighted by molar-refractivity contribution is 6.30. The molecule has 0 saturated heterocycles. The zero-order valence-electron chi connectivity index (χ0n) is 11.3. The molecule has 0 aliphatic carbocycles. The van der Waals surface area contributed by atoms with E-state index >= 15 is 0 Å². The van der Waals surface area contributed by atoms with Crippen molar-refractivity contribution in [3.63, 3.8) is 0 Å². The third-order valence-electron chi connectivity index (χ3n) is 2.79. The maximum absolute atomic E-state index is 11.8. The topological polar surface area (TPSA) is 86.6 Å². The molecule has 0 aliphatic rings. The number of carbonyl (C=O) groups excluding carboxylic acids is 1. The van der Waals surface area contributed by atoms with Gasteiger partial charge in [0.05, 0.1) is 0 Å². The molecule has 1 amide bonds. The molecule has 0 heterocycles. The van der Waals surface area contributed by atoms with Crippen molar-refractivity contribution in [1.29, 1.82) is 0 Å². The van der Waals surface area contributed by atoms with Gasteiger partial charge >= 0.3 is 5.97 Å². The van der Waals surface area contributed by atoms with Gasteiger partial charge in [0, 0.05) is 22.9 Å². The van der Waals surface area contributed by atoms with Crippen LogP contribution in [0.4, 0.5) is 5.69 Å². The molecule has 0 spiro atoms. The number of aromatic carboxylic acids is 1. The second-order valence-corrected chi connectivity index (χ2v) is 4.85. The van der Waals surface area contributed by atoms with E-state index in [1.165, 1.54) is 24.3 Å². The Morgan fingerprint density at radius 3 is 2.36 bits per heavy atom. The third kappa shape index (κ3) is 4.10. The molecule has 22 heavy (non-hydrogen) atoms. The van der Waals surface area contributed by atoms with Gasteiger partial charge in [0.25, 0.3) is 0 Å². The Morgan fingerprint density at radius 1 is 1.09 bits per heavy atom. The maximum Gasteiger partial charge on any atom is 0.339 e. The van der Waals surface area contributed by atoms with Crippen molar-refractivity contribution >= 4 is 35.2 Å². The molecule has 0 bridgehead atoms. The lowest BCUT2D eigenvalue weighted by molar-refractivity contribution is -0.111. The molecule has 0 unspecified atom stereocenters. The second-order valence-electron chi connectivity index (χ2n) is 4.41. The summed E-state index contributed by atoms with van der Waals surface area (Å²) in [4.78, 5) is 22.5. The van der Waals surface area contributed by atoms with Gasteiger partial charge in [-0.3, -0.25) is 4.79 Å². The van der Waals surface area contributed by atoms with E-state index in [2.05, 4.69) is 5.32 Å². The predicted molar refractivity (Wildman–Crippen MR) is 84.2 cm³/mol. The lowest BCUT2D eigenvalue weighted by Gasteiger charge is -2.05. The van der Waals surface area contributed by atoms with Gasteiger partial charge in [-0.1, -0.05) is 23.7 Å². The van der Waals surface area contributed by atoms with Gasteiger partial charge in [-0.25, -0.2) is 4.79 Å². The Hall–Kier alpha value is -2.79. The molecule has 5 nitrogen and oxygen atoms in total. The van der Waals surface area contributed by atoms with Crippen LogP contribution in [0, 0.1) is 0 Å². The van der Waals surface area contributed by atoms with Crippen LogP contribution in [0.25, 0.3) is 6.08 Å². The smallest absolute Gasteiger partial charge is 0.339 e. The normalized spacial score (nSPS) is 10.6. The molecule has 0 aliphatic heterocycles. The molecule has 112 valence electrons. The largest absolute Gasteiger partial charge is 0.507 e. The molecular formula is C16H12ClNO4. The van der Waals surface area contributed by atoms with Crippen LogP contribution in [0.1, 0.15) is 15.9 Å². The van der Waals surface area contributed by atoms with Crippen molar-refractivity contribution in [2.45, 2.75) is 0 Å². The van der Waals surface area contributed by atoms with E-state index in [4.69, 9.17) is 16.7 Å². The first kappa shape index (κ1) is 15.6. The number of nitrogens with one attached hydrogen (secondary N) is 1. The fourth-order valence-electron chi connectivity index (χ4n) is 1.72. The fourth-order valence-corrected chi connectivity index (χ4v) is 1.85. The van der Waals surface area contributed by atoms with Crippen LogP contribution in [-0.2, 0) is 4.79 Å². The molecule has 0 aromatic heterocycles. The molecule has 6 heteroatoms. The van der Waals surface area contributed by atoms with E-state index in [0.29, 0.717) is 10.7 Å². The van der Waals surface area contributed by atoms with Gasteiger partial charge < -0.3 is 15.5 Å². The van der Waals surface area contributed by atoms with Gasteiger partial charge in [0.2, 0.25) is 5.91 Å². The van der Waals surface area contributed by atoms with Gasteiger partial charge in [0.1, 0.15) is 11.3 Å². The number of amides is 1. The van der Waals surface area contributed by atoms with Crippen LogP contribution in [-0.4, -0.2) is 22.1 Å². The second kappa shape index (κ2) is 6.78. The average Bonchev–Trinajstić information content (AvgIpc) is 2.46. The molecule has 2 aromatic rings. The number of aromatic hydroxyl groups is 1. The fraction of sp³-hybridized carbons (Fsp3) is 0. The molecule has 0 saturated carbocycles. The molecule has 0 fully saturated rings. The maximum atomic E-state index is 11.8. The first-order valence-electron chi connectivity index (χ1n) is 6.26. The minimum atomic E-state index is -1.24. The summed E-state index contributed by atoms with van der Waals surface area (Å²) in [5, 5.41) is 21.5. The highest BCUT2D eigenvalue weighted by Crippen LogP contribution is 2.22. The molecular weight excluding hydrogens is 306 g/mol. The van der Waals surface area contributed by atoms with Crippen molar-refractivity contribution in [3.8, 4) is 5.75 Å². The lowest BCUT2D eigenvalue weighted by atomic mass is 10.2. The van der Waals surface area contributed by atoms with Crippen LogP contribution in [0.15, 0.2) is 48.5 Å². The van der Waals surface area contributed by atoms with Crippen molar-refractivity contribution in [3.05, 3.63) is 64.7 Å². The highest BCUT2D eigenvalue weighted by Gasteiger charge is 2.10. The summed E-state index contributed by atoms with van der Waals surface area (Å²) in [5.41, 5.74) is 0.881. The summed E-state index contributed by atoms with van der Waals surface area (Å²) < 4.78 is 0. The quantitative estimate of drug-likeness (QED) is 0.754. The number of carbonyl (C=O) groups is 2. The number of carboxylic acids is 1. The highest BCUT2D eigenvalue weighted by atomic mass is 35.5. The first-order valence-corrected chi connectivity index (χ1v) is 6.64. The van der Waals surface area contributed by atoms with E-state index in [0.717, 1.165) is 5.56 Å². The number of anilines is 1. The minimum Gasteiger partial charge on any atom is -0.507 e. The Bertz CT molecular complexity index is 738. The predicted octanol–water partition coefficient (Wildman–Crippen LogP) is 3.40. The Labute approximate surface area is 131 Å². The van der Waals surface area contributed by atoms with Gasteiger partial charge in [-0.05, 0) is 35.9 Å². The minimum absolute atomic E-state index is 0.227. The standard InChI is InChI=1S/C16H12ClNO4/c17-11-4-1-10(2-5-11)3-8-15(20)18-12-6-7-13(16(21)22)14(19)9-12/h1-9,19H,(H,18,20)(H,21,22)/b8-3+.